The molecule has 5 nitrogen and oxygen atoms in total. The van der Waals surface area contributed by atoms with Crippen LogP contribution < -0.4 is 16.4 Å². The van der Waals surface area contributed by atoms with Gasteiger partial charge in [-0.3, -0.25) is 9.59 Å². The molecule has 2 atom stereocenters. The molecule has 2 unspecified atom stereocenters. The number of nitrogens with one attached hydrogen (secondary N) is 2. The molecule has 4 rings (SSSR count). The molecule has 4 N–H and O–H groups in total. The number of benzene rings is 2. The highest BCUT2D eigenvalue weighted by atomic mass is 35.5. The van der Waals surface area contributed by atoms with Gasteiger partial charge in [0.2, 0.25) is 5.91 Å². The Hall–Kier alpha value is -2.37. The van der Waals surface area contributed by atoms with E-state index in [4.69, 9.17) is 5.73 Å². The number of nitrogens with two attached hydrogens (primary N) is 1. The maximum atomic E-state index is 13.0. The number of carbonyl (C=O) groups excluding carboxylic acids is 2. The van der Waals surface area contributed by atoms with Crippen LogP contribution in [0.5, 0.6) is 0 Å². The van der Waals surface area contributed by atoms with Crippen molar-refractivity contribution in [1.82, 2.24) is 5.32 Å². The fraction of sp³-hybridized carbons (Fsp3) is 0.364. The van der Waals surface area contributed by atoms with Gasteiger partial charge in [0, 0.05) is 24.4 Å². The van der Waals surface area contributed by atoms with E-state index in [1.165, 1.54) is 11.1 Å². The average molecular weight is 400 g/mol. The molecule has 2 amide bonds. The zero-order valence-electron chi connectivity index (χ0n) is 15.7. The first-order chi connectivity index (χ1) is 13.2. The molecule has 2 aliphatic carbocycles. The maximum absolute atomic E-state index is 13.0. The van der Waals surface area contributed by atoms with Crippen molar-refractivity contribution >= 4 is 29.9 Å². The van der Waals surface area contributed by atoms with Gasteiger partial charge in [0.1, 0.15) is 0 Å². The molecule has 28 heavy (non-hydrogen) atoms. The van der Waals surface area contributed by atoms with Gasteiger partial charge in [-0.05, 0) is 48.9 Å². The first kappa shape index (κ1) is 20.4. The summed E-state index contributed by atoms with van der Waals surface area (Å²) < 4.78 is 0. The van der Waals surface area contributed by atoms with Crippen LogP contribution in [-0.2, 0) is 16.6 Å². The lowest BCUT2D eigenvalue weighted by molar-refractivity contribution is -0.117. The van der Waals surface area contributed by atoms with Crippen LogP contribution in [0.4, 0.5) is 5.69 Å². The van der Waals surface area contributed by atoms with E-state index in [-0.39, 0.29) is 35.6 Å². The molecule has 0 saturated heterocycles. The molecule has 148 valence electrons. The number of para-hydroxylation sites is 1. The Morgan fingerprint density at radius 2 is 1.86 bits per heavy atom. The molecule has 1 saturated carbocycles. The Morgan fingerprint density at radius 3 is 2.68 bits per heavy atom. The summed E-state index contributed by atoms with van der Waals surface area (Å²) in [4.78, 5) is 25.3. The van der Waals surface area contributed by atoms with E-state index in [9.17, 15) is 9.59 Å². The van der Waals surface area contributed by atoms with Gasteiger partial charge in [-0.25, -0.2) is 0 Å². The van der Waals surface area contributed by atoms with Gasteiger partial charge in [-0.2, -0.15) is 0 Å². The summed E-state index contributed by atoms with van der Waals surface area (Å²) in [5.74, 6) is -0.241. The number of hydrogen-bond acceptors (Lipinski definition) is 3. The van der Waals surface area contributed by atoms with E-state index >= 15 is 0 Å². The third-order valence-electron chi connectivity index (χ3n) is 5.87. The van der Waals surface area contributed by atoms with Crippen molar-refractivity contribution in [2.75, 3.05) is 18.4 Å². The van der Waals surface area contributed by atoms with Crippen LogP contribution in [-0.4, -0.2) is 24.9 Å². The van der Waals surface area contributed by atoms with Gasteiger partial charge in [0.15, 0.2) is 0 Å². The predicted octanol–water partition coefficient (Wildman–Crippen LogP) is 3.03. The van der Waals surface area contributed by atoms with Crippen molar-refractivity contribution in [3.63, 3.8) is 0 Å². The second-order valence-corrected chi connectivity index (χ2v) is 7.50. The number of hydrogen-bond donors (Lipinski definition) is 3. The highest BCUT2D eigenvalue weighted by Crippen LogP contribution is 2.60. The Kier molecular flexibility index (Phi) is 6.06. The summed E-state index contributed by atoms with van der Waals surface area (Å²) in [6, 6.07) is 15.6. The molecule has 0 aromatic heterocycles. The summed E-state index contributed by atoms with van der Waals surface area (Å²) in [7, 11) is 0. The average Bonchev–Trinajstić information content (AvgIpc) is 3.41. The van der Waals surface area contributed by atoms with Crippen molar-refractivity contribution in [1.29, 1.82) is 0 Å². The van der Waals surface area contributed by atoms with Gasteiger partial charge in [0.25, 0.3) is 5.91 Å². The number of anilines is 1. The minimum absolute atomic E-state index is 0. The smallest absolute Gasteiger partial charge is 0.253 e. The normalized spacial score (nSPS) is 22.0. The molecule has 0 bridgehead atoms. The van der Waals surface area contributed by atoms with E-state index in [2.05, 4.69) is 34.9 Å². The lowest BCUT2D eigenvalue weighted by Gasteiger charge is -2.26. The zero-order chi connectivity index (χ0) is 18.9. The fourth-order valence-electron chi connectivity index (χ4n) is 4.47. The summed E-state index contributed by atoms with van der Waals surface area (Å²) in [5, 5.41) is 5.76. The van der Waals surface area contributed by atoms with Crippen LogP contribution in [0.2, 0.25) is 0 Å². The topological polar surface area (TPSA) is 84.2 Å². The van der Waals surface area contributed by atoms with Crippen molar-refractivity contribution in [2.45, 2.75) is 31.1 Å². The molecule has 6 heteroatoms. The van der Waals surface area contributed by atoms with E-state index in [1.807, 2.05) is 6.07 Å². The van der Waals surface area contributed by atoms with Crippen LogP contribution >= 0.6 is 12.4 Å². The largest absolute Gasteiger partial charge is 0.351 e. The molecule has 0 radical (unpaired) electrons. The van der Waals surface area contributed by atoms with E-state index in [0.717, 1.165) is 25.7 Å². The van der Waals surface area contributed by atoms with Crippen LogP contribution in [0, 0.1) is 5.92 Å². The van der Waals surface area contributed by atoms with Crippen LogP contribution in [0.3, 0.4) is 0 Å². The first-order valence-electron chi connectivity index (χ1n) is 9.62. The molecule has 2 aromatic rings. The Labute approximate surface area is 171 Å². The van der Waals surface area contributed by atoms with E-state index < -0.39 is 0 Å². The van der Waals surface area contributed by atoms with Gasteiger partial charge in [-0.1, -0.05) is 36.4 Å². The molecule has 2 aliphatic rings. The highest BCUT2D eigenvalue weighted by Gasteiger charge is 2.60. The van der Waals surface area contributed by atoms with E-state index in [0.29, 0.717) is 24.3 Å². The number of aryl methyl sites for hydroxylation is 1. The lowest BCUT2D eigenvalue weighted by atomic mass is 9.78. The SMILES string of the molecule is Cl.NCCNC(=O)c1ccccc1NC(=O)C1CC12CCCc1ccccc12. The number of rotatable bonds is 5. The minimum Gasteiger partial charge on any atom is -0.351 e. The number of fused-ring (bicyclic) bond motifs is 2. The van der Waals surface area contributed by atoms with Crippen molar-refractivity contribution in [3.8, 4) is 0 Å². The number of amides is 2. The monoisotopic (exact) mass is 399 g/mol. The molecule has 2 aromatic carbocycles. The number of halogens is 1. The first-order valence-corrected chi connectivity index (χ1v) is 9.62. The zero-order valence-corrected chi connectivity index (χ0v) is 16.6. The summed E-state index contributed by atoms with van der Waals surface area (Å²) in [6.07, 6.45) is 4.16. The lowest BCUT2D eigenvalue weighted by Crippen LogP contribution is -2.30. The van der Waals surface area contributed by atoms with Gasteiger partial charge in [-0.15, -0.1) is 12.4 Å². The Morgan fingerprint density at radius 1 is 1.11 bits per heavy atom. The molecular weight excluding hydrogens is 374 g/mol. The summed E-state index contributed by atoms with van der Waals surface area (Å²) in [6.45, 7) is 0.786. The minimum atomic E-state index is -0.218. The van der Waals surface area contributed by atoms with Crippen molar-refractivity contribution in [2.24, 2.45) is 11.7 Å². The maximum Gasteiger partial charge on any atom is 0.253 e. The molecule has 1 spiro atoms. The standard InChI is InChI=1S/C22H25N3O2.ClH/c23-12-13-24-20(26)16-8-2-4-10-19(16)25-21(27)18-14-22(18)11-5-7-15-6-1-3-9-17(15)22;/h1-4,6,8-10,18H,5,7,11-14,23H2,(H,24,26)(H,25,27);1H. The highest BCUT2D eigenvalue weighted by molar-refractivity contribution is 6.05. The van der Waals surface area contributed by atoms with Crippen molar-refractivity contribution < 1.29 is 9.59 Å². The Bertz CT molecular complexity index is 886. The number of carbonyl (C=O) groups is 2. The second-order valence-electron chi connectivity index (χ2n) is 7.50. The van der Waals surface area contributed by atoms with Crippen LogP contribution in [0.15, 0.2) is 48.5 Å². The van der Waals surface area contributed by atoms with Crippen LogP contribution in [0.25, 0.3) is 0 Å². The third kappa shape index (κ3) is 3.64. The second kappa shape index (κ2) is 8.33. The van der Waals surface area contributed by atoms with E-state index in [1.54, 1.807) is 18.2 Å². The molecular formula is C22H26ClN3O2. The Balaban J connectivity index is 0.00000225. The van der Waals surface area contributed by atoms with Gasteiger partial charge in [0.05, 0.1) is 11.3 Å². The van der Waals surface area contributed by atoms with Crippen LogP contribution in [0.1, 0.15) is 40.7 Å². The molecule has 0 heterocycles. The predicted molar refractivity (Wildman–Crippen MR) is 113 cm³/mol. The van der Waals surface area contributed by atoms with Crippen molar-refractivity contribution in [3.05, 3.63) is 65.2 Å². The third-order valence-corrected chi connectivity index (χ3v) is 5.87. The summed E-state index contributed by atoms with van der Waals surface area (Å²) >= 11 is 0. The quantitative estimate of drug-likeness (QED) is 0.722. The summed E-state index contributed by atoms with van der Waals surface area (Å²) in [5.41, 5.74) is 9.18. The fourth-order valence-corrected chi connectivity index (χ4v) is 4.47. The van der Waals surface area contributed by atoms with Gasteiger partial charge >= 0.3 is 0 Å². The molecule has 1 fully saturated rings. The van der Waals surface area contributed by atoms with Gasteiger partial charge < -0.3 is 16.4 Å². The molecule has 0 aliphatic heterocycles.